The van der Waals surface area contributed by atoms with E-state index in [9.17, 15) is 32.8 Å². The average molecular weight is 755 g/mol. The highest BCUT2D eigenvalue weighted by Crippen LogP contribution is 2.32. The first-order valence-electron chi connectivity index (χ1n) is 16.0. The molecule has 0 amide bonds. The number of benzene rings is 4. The number of ether oxygens (including phenoxy) is 5. The Bertz CT molecular complexity index is 2370. The van der Waals surface area contributed by atoms with Crippen molar-refractivity contribution in [2.45, 2.75) is 6.92 Å². The lowest BCUT2D eigenvalue weighted by atomic mass is 10.1. The van der Waals surface area contributed by atoms with Crippen molar-refractivity contribution < 1.29 is 56.4 Å². The fourth-order valence-corrected chi connectivity index (χ4v) is 4.21. The summed E-state index contributed by atoms with van der Waals surface area (Å²) in [6.07, 6.45) is 3.31. The van der Waals surface area contributed by atoms with Crippen molar-refractivity contribution in [1.82, 2.24) is 0 Å². The second-order valence-corrected chi connectivity index (χ2v) is 11.0. The molecule has 0 aromatic heterocycles. The number of carbonyl (C=O) groups excluding carboxylic acids is 5. The molecule has 0 bridgehead atoms. The summed E-state index contributed by atoms with van der Waals surface area (Å²) in [6.45, 7) is 14.2. The highest BCUT2D eigenvalue weighted by atomic mass is 19.1. The third-order valence-electron chi connectivity index (χ3n) is 6.99. The van der Waals surface area contributed by atoms with E-state index in [4.69, 9.17) is 23.7 Å². The minimum atomic E-state index is -1.49. The molecule has 0 heterocycles. The van der Waals surface area contributed by atoms with Gasteiger partial charge in [-0.15, -0.1) is 0 Å². The number of esters is 5. The molecule has 4 aromatic rings. The van der Waals surface area contributed by atoms with Gasteiger partial charge in [0.05, 0.1) is 11.8 Å². The van der Waals surface area contributed by atoms with Crippen LogP contribution in [0.4, 0.5) is 8.78 Å². The second kappa shape index (κ2) is 19.1. The normalized spacial score (nSPS) is 10.2. The third-order valence-corrected chi connectivity index (χ3v) is 6.99. The first kappa shape index (κ1) is 40.7. The molecular weight excluding hydrogens is 726 g/mol. The zero-order chi connectivity index (χ0) is 40.8. The molecule has 0 saturated carbocycles. The van der Waals surface area contributed by atoms with E-state index in [2.05, 4.69) is 50.0 Å². The molecule has 0 N–H and O–H groups in total. The summed E-state index contributed by atoms with van der Waals surface area (Å²) in [5.41, 5.74) is 2.07. The number of halogens is 2. The summed E-state index contributed by atoms with van der Waals surface area (Å²) in [7, 11) is 0. The average Bonchev–Trinajstić information content (AvgIpc) is 3.19. The molecule has 4 rings (SSSR count). The van der Waals surface area contributed by atoms with E-state index in [0.29, 0.717) is 28.0 Å². The Balaban J connectivity index is 1.60. The van der Waals surface area contributed by atoms with Crippen LogP contribution in [0.5, 0.6) is 23.0 Å². The van der Waals surface area contributed by atoms with Crippen molar-refractivity contribution in [2.75, 3.05) is 0 Å². The predicted octanol–water partition coefficient (Wildman–Crippen LogP) is 7.66. The third kappa shape index (κ3) is 11.7. The largest absolute Gasteiger partial charge is 0.431 e. The maximum atomic E-state index is 13.7. The van der Waals surface area contributed by atoms with Gasteiger partial charge in [0, 0.05) is 28.8 Å². The summed E-state index contributed by atoms with van der Waals surface area (Å²) in [6, 6.07) is 20.8. The van der Waals surface area contributed by atoms with Gasteiger partial charge in [-0.25, -0.2) is 24.0 Å². The van der Waals surface area contributed by atoms with Crippen LogP contribution in [-0.4, -0.2) is 29.8 Å². The standard InChI is InChI=1S/C44H28F2O10/c1-6-40(47)53-35-19-12-31(13-20-35)14-23-37-38(55-42(49)28(4)45)24-32(25-39(37)56-43(50)29(5)46)9-8-30-10-15-34(16-11-30)44(51)52-26-27(3)33-17-21-36(22-18-33)54-41(48)7-2/h6-7,10-13,15-22,24-26H,1-2,4-5H2,3H3. The van der Waals surface area contributed by atoms with E-state index < -0.39 is 53.0 Å². The first-order chi connectivity index (χ1) is 26.8. The molecule has 0 atom stereocenters. The van der Waals surface area contributed by atoms with Crippen LogP contribution >= 0.6 is 0 Å². The van der Waals surface area contributed by atoms with Gasteiger partial charge < -0.3 is 23.7 Å². The molecule has 0 unspecified atom stereocenters. The molecular formula is C44H28F2O10. The Morgan fingerprint density at radius 2 is 0.982 bits per heavy atom. The molecule has 0 aliphatic carbocycles. The Labute approximate surface area is 319 Å². The lowest BCUT2D eigenvalue weighted by Crippen LogP contribution is -2.12. The molecule has 0 fully saturated rings. The fourth-order valence-electron chi connectivity index (χ4n) is 4.21. The molecule has 0 aliphatic heterocycles. The molecule has 0 saturated heterocycles. The number of carbonyl (C=O) groups is 5. The minimum Gasteiger partial charge on any atom is -0.431 e. The predicted molar refractivity (Wildman–Crippen MR) is 200 cm³/mol. The maximum Gasteiger partial charge on any atom is 0.371 e. The van der Waals surface area contributed by atoms with Gasteiger partial charge >= 0.3 is 29.8 Å². The zero-order valence-corrected chi connectivity index (χ0v) is 29.5. The Kier molecular flexibility index (Phi) is 13.9. The van der Waals surface area contributed by atoms with Crippen molar-refractivity contribution in [3.8, 4) is 46.7 Å². The van der Waals surface area contributed by atoms with E-state index in [1.165, 1.54) is 66.9 Å². The molecule has 0 radical (unpaired) electrons. The van der Waals surface area contributed by atoms with Crippen molar-refractivity contribution in [3.63, 3.8) is 0 Å². The molecule has 10 nitrogen and oxygen atoms in total. The van der Waals surface area contributed by atoms with Crippen LogP contribution in [0, 0.1) is 23.7 Å². The van der Waals surface area contributed by atoms with Crippen LogP contribution in [0.1, 0.15) is 45.1 Å². The summed E-state index contributed by atoms with van der Waals surface area (Å²) in [5.74, 6) is 2.90. The molecule has 0 aliphatic rings. The fraction of sp³-hybridized carbons (Fsp3) is 0.0227. The summed E-state index contributed by atoms with van der Waals surface area (Å²) < 4.78 is 53.2. The topological polar surface area (TPSA) is 132 Å². The van der Waals surface area contributed by atoms with E-state index in [1.807, 2.05) is 0 Å². The van der Waals surface area contributed by atoms with Crippen molar-refractivity contribution >= 4 is 35.4 Å². The van der Waals surface area contributed by atoms with Gasteiger partial charge in [-0.2, -0.15) is 8.78 Å². The van der Waals surface area contributed by atoms with Crippen LogP contribution in [0.15, 0.2) is 141 Å². The highest BCUT2D eigenvalue weighted by Gasteiger charge is 2.20. The van der Waals surface area contributed by atoms with Gasteiger partial charge in [-0.3, -0.25) is 0 Å². The first-order valence-corrected chi connectivity index (χ1v) is 16.0. The van der Waals surface area contributed by atoms with Gasteiger partial charge in [0.25, 0.3) is 0 Å². The molecule has 12 heteroatoms. The van der Waals surface area contributed by atoms with E-state index >= 15 is 0 Å². The number of allylic oxidation sites excluding steroid dienone is 1. The highest BCUT2D eigenvalue weighted by molar-refractivity contribution is 5.91. The van der Waals surface area contributed by atoms with Gasteiger partial charge in [0.15, 0.2) is 11.5 Å². The lowest BCUT2D eigenvalue weighted by molar-refractivity contribution is -0.132. The Morgan fingerprint density at radius 3 is 1.45 bits per heavy atom. The van der Waals surface area contributed by atoms with Crippen LogP contribution in [0.25, 0.3) is 5.57 Å². The number of hydrogen-bond donors (Lipinski definition) is 0. The van der Waals surface area contributed by atoms with Crippen molar-refractivity contribution in [1.29, 1.82) is 0 Å². The van der Waals surface area contributed by atoms with Crippen LogP contribution in [0.2, 0.25) is 0 Å². The second-order valence-electron chi connectivity index (χ2n) is 11.0. The quantitative estimate of drug-likeness (QED) is 0.0494. The van der Waals surface area contributed by atoms with E-state index in [0.717, 1.165) is 12.2 Å². The molecule has 56 heavy (non-hydrogen) atoms. The molecule has 4 aromatic carbocycles. The van der Waals surface area contributed by atoms with Crippen LogP contribution in [-0.2, 0) is 23.9 Å². The lowest BCUT2D eigenvalue weighted by Gasteiger charge is -2.11. The Hall–Kier alpha value is -8.09. The monoisotopic (exact) mass is 754 g/mol. The van der Waals surface area contributed by atoms with Gasteiger partial charge in [0.1, 0.15) is 17.1 Å². The van der Waals surface area contributed by atoms with Crippen molar-refractivity contribution in [2.24, 2.45) is 0 Å². The SMILES string of the molecule is C=CC(=O)Oc1ccc(C#Cc2c(OC(=O)C(=C)F)cc(C#Cc3ccc(C(=O)OC=C(C)c4ccc(OC(=O)C=C)cc4)cc3)cc2OC(=O)C(=C)F)cc1. The summed E-state index contributed by atoms with van der Waals surface area (Å²) in [5, 5.41) is 0. The molecule has 0 spiro atoms. The van der Waals surface area contributed by atoms with Crippen molar-refractivity contribution in [3.05, 3.63) is 175 Å². The maximum absolute atomic E-state index is 13.7. The number of rotatable bonds is 11. The smallest absolute Gasteiger partial charge is 0.371 e. The van der Waals surface area contributed by atoms with Crippen LogP contribution < -0.4 is 18.9 Å². The van der Waals surface area contributed by atoms with Gasteiger partial charge in [-0.05, 0) is 90.9 Å². The van der Waals surface area contributed by atoms with E-state index in [-0.39, 0.29) is 22.4 Å². The summed E-state index contributed by atoms with van der Waals surface area (Å²) >= 11 is 0. The van der Waals surface area contributed by atoms with Gasteiger partial charge in [0.2, 0.25) is 11.7 Å². The van der Waals surface area contributed by atoms with Crippen LogP contribution in [0.3, 0.4) is 0 Å². The zero-order valence-electron chi connectivity index (χ0n) is 29.5. The minimum absolute atomic E-state index is 0.0551. The Morgan fingerprint density at radius 1 is 0.571 bits per heavy atom. The van der Waals surface area contributed by atoms with E-state index in [1.54, 1.807) is 31.2 Å². The number of hydrogen-bond acceptors (Lipinski definition) is 10. The van der Waals surface area contributed by atoms with Gasteiger partial charge in [-0.1, -0.05) is 62.1 Å². The molecule has 278 valence electrons. The summed E-state index contributed by atoms with van der Waals surface area (Å²) in [4.78, 5) is 60.1.